The smallest absolute Gasteiger partial charge is 0.277 e. The summed E-state index contributed by atoms with van der Waals surface area (Å²) in [4.78, 5) is 35.9. The predicted molar refractivity (Wildman–Crippen MR) is 121 cm³/mol. The maximum Gasteiger partial charge on any atom is 0.277 e. The van der Waals surface area contributed by atoms with Gasteiger partial charge in [0.15, 0.2) is 0 Å². The number of carbonyl (C=O) groups excluding carboxylic acids is 1. The Bertz CT molecular complexity index is 1340. The Balaban J connectivity index is 1.42. The Morgan fingerprint density at radius 2 is 1.94 bits per heavy atom. The Hall–Kier alpha value is -3.66. The van der Waals surface area contributed by atoms with Crippen molar-refractivity contribution < 1.29 is 9.18 Å². The summed E-state index contributed by atoms with van der Waals surface area (Å²) >= 11 is 1.32. The van der Waals surface area contributed by atoms with E-state index in [0.29, 0.717) is 21.5 Å². The number of aromatic nitrogens is 4. The zero-order valence-electron chi connectivity index (χ0n) is 17.0. The number of benzene rings is 1. The number of hydrogen-bond donors (Lipinski definition) is 1. The quantitative estimate of drug-likeness (QED) is 0.478. The normalized spacial score (nSPS) is 14.0. The van der Waals surface area contributed by atoms with E-state index in [1.807, 2.05) is 6.07 Å². The fourth-order valence-corrected chi connectivity index (χ4v) is 4.54. The third-order valence-corrected chi connectivity index (χ3v) is 6.23. The summed E-state index contributed by atoms with van der Waals surface area (Å²) in [5.74, 6) is -0.353. The fraction of sp³-hybridized carbons (Fsp3) is 0.227. The van der Waals surface area contributed by atoms with Crippen LogP contribution in [0.2, 0.25) is 0 Å². The summed E-state index contributed by atoms with van der Waals surface area (Å²) in [7, 11) is 0. The number of nitrogens with zero attached hydrogens (tertiary/aromatic N) is 5. The summed E-state index contributed by atoms with van der Waals surface area (Å²) < 4.78 is 14.3. The van der Waals surface area contributed by atoms with E-state index < -0.39 is 11.9 Å². The molecule has 3 aromatic heterocycles. The lowest BCUT2D eigenvalue weighted by molar-refractivity contribution is 0.102. The fourth-order valence-electron chi connectivity index (χ4n) is 3.64. The minimum atomic E-state index is -0.647. The molecule has 32 heavy (non-hydrogen) atoms. The van der Waals surface area contributed by atoms with Gasteiger partial charge >= 0.3 is 0 Å². The number of nitrogens with one attached hydrogen (secondary N) is 1. The van der Waals surface area contributed by atoms with Gasteiger partial charge in [-0.25, -0.2) is 9.97 Å². The number of halogens is 1. The van der Waals surface area contributed by atoms with E-state index in [0.717, 1.165) is 37.6 Å². The molecule has 1 fully saturated rings. The Labute approximate surface area is 186 Å². The largest absolute Gasteiger partial charge is 0.356 e. The standard InChI is InChI=1S/C22H19FN6O2S/c23-17-8-7-15(13-24-17)20(31)25-16-6-4-5-14(11-16)21-27-29-19(30)12-18(26-22(29)32-21)28-9-2-1-3-10-28/h4-8,11-13H,1-3,9-10H2,(H,25,31). The van der Waals surface area contributed by atoms with Crippen LogP contribution in [0.5, 0.6) is 0 Å². The van der Waals surface area contributed by atoms with Crippen molar-refractivity contribution in [1.29, 1.82) is 0 Å². The van der Waals surface area contributed by atoms with Crippen molar-refractivity contribution in [3.8, 4) is 10.6 Å². The molecule has 0 unspecified atom stereocenters. The van der Waals surface area contributed by atoms with Crippen molar-refractivity contribution >= 4 is 33.7 Å². The molecule has 5 rings (SSSR count). The lowest BCUT2D eigenvalue weighted by atomic mass is 10.1. The first kappa shape index (κ1) is 20.3. The highest BCUT2D eigenvalue weighted by Gasteiger charge is 2.17. The maximum absolute atomic E-state index is 13.0. The molecule has 10 heteroatoms. The van der Waals surface area contributed by atoms with Crippen LogP contribution in [0.25, 0.3) is 15.5 Å². The SMILES string of the molecule is O=C(Nc1cccc(-c2nn3c(=O)cc(N4CCCCC4)nc3s2)c1)c1ccc(F)nc1. The van der Waals surface area contributed by atoms with E-state index in [1.165, 1.54) is 40.6 Å². The topological polar surface area (TPSA) is 92.5 Å². The first-order valence-corrected chi connectivity index (χ1v) is 11.1. The second-order valence-electron chi connectivity index (χ2n) is 7.51. The number of amides is 1. The van der Waals surface area contributed by atoms with Gasteiger partial charge in [-0.15, -0.1) is 0 Å². The minimum Gasteiger partial charge on any atom is -0.356 e. The Morgan fingerprint density at radius 1 is 1.09 bits per heavy atom. The number of fused-ring (bicyclic) bond motifs is 1. The van der Waals surface area contributed by atoms with Crippen molar-refractivity contribution in [2.45, 2.75) is 19.3 Å². The number of piperidine rings is 1. The first-order valence-electron chi connectivity index (χ1n) is 10.3. The van der Waals surface area contributed by atoms with Crippen LogP contribution in [-0.2, 0) is 0 Å². The van der Waals surface area contributed by atoms with Crippen molar-refractivity contribution in [2.75, 3.05) is 23.3 Å². The lowest BCUT2D eigenvalue weighted by Crippen LogP contribution is -2.31. The number of rotatable bonds is 4. The van der Waals surface area contributed by atoms with Crippen LogP contribution >= 0.6 is 11.3 Å². The molecule has 0 spiro atoms. The molecule has 4 heterocycles. The van der Waals surface area contributed by atoms with Gasteiger partial charge in [0.05, 0.1) is 5.56 Å². The van der Waals surface area contributed by atoms with Crippen LogP contribution in [-0.4, -0.2) is 38.6 Å². The van der Waals surface area contributed by atoms with Gasteiger partial charge in [0.2, 0.25) is 10.9 Å². The highest BCUT2D eigenvalue weighted by atomic mass is 32.1. The highest BCUT2D eigenvalue weighted by molar-refractivity contribution is 7.19. The van der Waals surface area contributed by atoms with Gasteiger partial charge in [0, 0.05) is 36.6 Å². The Morgan fingerprint density at radius 3 is 2.72 bits per heavy atom. The maximum atomic E-state index is 13.0. The molecule has 0 radical (unpaired) electrons. The number of hydrogen-bond acceptors (Lipinski definition) is 7. The van der Waals surface area contributed by atoms with Crippen molar-refractivity contribution in [3.63, 3.8) is 0 Å². The van der Waals surface area contributed by atoms with E-state index in [1.54, 1.807) is 18.2 Å². The molecule has 0 saturated carbocycles. The molecule has 162 valence electrons. The molecular weight excluding hydrogens is 431 g/mol. The molecule has 0 bridgehead atoms. The van der Waals surface area contributed by atoms with E-state index in [9.17, 15) is 14.0 Å². The van der Waals surface area contributed by atoms with Gasteiger partial charge in [-0.1, -0.05) is 23.5 Å². The van der Waals surface area contributed by atoms with E-state index in [2.05, 4.69) is 25.3 Å². The van der Waals surface area contributed by atoms with Gasteiger partial charge in [0.25, 0.3) is 11.5 Å². The lowest BCUT2D eigenvalue weighted by Gasteiger charge is -2.27. The summed E-state index contributed by atoms with van der Waals surface area (Å²) in [5, 5.41) is 7.82. The molecule has 1 saturated heterocycles. The second-order valence-corrected chi connectivity index (χ2v) is 8.46. The van der Waals surface area contributed by atoms with Gasteiger partial charge in [0.1, 0.15) is 10.8 Å². The minimum absolute atomic E-state index is 0.216. The molecule has 0 aliphatic carbocycles. The predicted octanol–water partition coefficient (Wildman–Crippen LogP) is 3.59. The Kier molecular flexibility index (Phi) is 5.36. The molecule has 1 N–H and O–H groups in total. The number of pyridine rings is 1. The third-order valence-electron chi connectivity index (χ3n) is 5.27. The van der Waals surface area contributed by atoms with Crippen LogP contribution in [0.15, 0.2) is 53.5 Å². The van der Waals surface area contributed by atoms with Crippen LogP contribution in [0, 0.1) is 5.95 Å². The van der Waals surface area contributed by atoms with Gasteiger partial charge in [-0.05, 0) is 43.5 Å². The molecule has 1 amide bonds. The summed E-state index contributed by atoms with van der Waals surface area (Å²) in [6.07, 6.45) is 4.58. The third kappa shape index (κ3) is 4.09. The average Bonchev–Trinajstić information content (AvgIpc) is 3.25. The van der Waals surface area contributed by atoms with E-state index >= 15 is 0 Å². The molecular formula is C22H19FN6O2S. The molecule has 1 aliphatic rings. The first-order chi connectivity index (χ1) is 15.6. The van der Waals surface area contributed by atoms with E-state index in [4.69, 9.17) is 0 Å². The zero-order valence-corrected chi connectivity index (χ0v) is 17.8. The van der Waals surface area contributed by atoms with Crippen molar-refractivity contribution in [3.05, 3.63) is 70.5 Å². The van der Waals surface area contributed by atoms with Gasteiger partial charge in [-0.2, -0.15) is 14.0 Å². The second kappa shape index (κ2) is 8.46. The molecule has 8 nitrogen and oxygen atoms in total. The molecule has 1 aliphatic heterocycles. The van der Waals surface area contributed by atoms with Crippen LogP contribution in [0.4, 0.5) is 15.9 Å². The molecule has 0 atom stereocenters. The van der Waals surface area contributed by atoms with Crippen LogP contribution < -0.4 is 15.8 Å². The summed E-state index contributed by atoms with van der Waals surface area (Å²) in [5.41, 5.74) is 1.32. The summed E-state index contributed by atoms with van der Waals surface area (Å²) in [6.45, 7) is 1.80. The van der Waals surface area contributed by atoms with Gasteiger partial charge in [-0.3, -0.25) is 9.59 Å². The highest BCUT2D eigenvalue weighted by Crippen LogP contribution is 2.28. The zero-order chi connectivity index (χ0) is 22.1. The van der Waals surface area contributed by atoms with Crippen LogP contribution in [0.1, 0.15) is 29.6 Å². The number of carbonyl (C=O) groups is 1. The monoisotopic (exact) mass is 450 g/mol. The van der Waals surface area contributed by atoms with Crippen LogP contribution in [0.3, 0.4) is 0 Å². The summed E-state index contributed by atoms with van der Waals surface area (Å²) in [6, 6.07) is 11.2. The van der Waals surface area contributed by atoms with E-state index in [-0.39, 0.29) is 11.1 Å². The molecule has 4 aromatic rings. The van der Waals surface area contributed by atoms with Crippen molar-refractivity contribution in [2.24, 2.45) is 0 Å². The molecule has 1 aromatic carbocycles. The average molecular weight is 450 g/mol. The van der Waals surface area contributed by atoms with Crippen molar-refractivity contribution in [1.82, 2.24) is 19.6 Å². The van der Waals surface area contributed by atoms with Gasteiger partial charge < -0.3 is 10.2 Å². The number of anilines is 2.